The average molecular weight is 358 g/mol. The maximum Gasteiger partial charge on any atom is 0.191 e. The van der Waals surface area contributed by atoms with Gasteiger partial charge in [0.2, 0.25) is 0 Å². The molecule has 0 amide bonds. The summed E-state index contributed by atoms with van der Waals surface area (Å²) in [7, 11) is 0. The predicted molar refractivity (Wildman–Crippen MR) is 103 cm³/mol. The second-order valence-corrected chi connectivity index (χ2v) is 5.80. The molecule has 140 valence electrons. The van der Waals surface area contributed by atoms with Crippen molar-refractivity contribution in [1.82, 2.24) is 15.6 Å². The van der Waals surface area contributed by atoms with E-state index in [1.807, 2.05) is 32.0 Å². The van der Waals surface area contributed by atoms with Crippen LogP contribution in [-0.2, 0) is 6.42 Å². The number of halogens is 1. The topological polar surface area (TPSA) is 58.5 Å². The molecular formula is C20H27FN4O. The molecule has 6 heteroatoms. The van der Waals surface area contributed by atoms with Gasteiger partial charge < -0.3 is 15.4 Å². The van der Waals surface area contributed by atoms with Crippen molar-refractivity contribution in [3.8, 4) is 5.75 Å². The van der Waals surface area contributed by atoms with Crippen LogP contribution in [0.2, 0.25) is 0 Å². The number of nitrogens with one attached hydrogen (secondary N) is 2. The van der Waals surface area contributed by atoms with E-state index < -0.39 is 0 Å². The molecule has 2 N–H and O–H groups in total. The molecular weight excluding hydrogens is 331 g/mol. The van der Waals surface area contributed by atoms with Gasteiger partial charge in [0, 0.05) is 31.4 Å². The number of nitrogens with zero attached hydrogens (tertiary/aromatic N) is 2. The van der Waals surface area contributed by atoms with Crippen LogP contribution in [0.25, 0.3) is 0 Å². The quantitative estimate of drug-likeness (QED) is 0.534. The molecule has 1 atom stereocenters. The second kappa shape index (κ2) is 11.1. The third kappa shape index (κ3) is 6.70. The minimum atomic E-state index is -0.352. The van der Waals surface area contributed by atoms with E-state index in [1.54, 1.807) is 24.4 Å². The summed E-state index contributed by atoms with van der Waals surface area (Å²) in [6.45, 7) is 5.96. The summed E-state index contributed by atoms with van der Waals surface area (Å²) in [5, 5.41) is 6.51. The highest BCUT2D eigenvalue weighted by Gasteiger charge is 2.11. The Morgan fingerprint density at radius 1 is 1.15 bits per heavy atom. The van der Waals surface area contributed by atoms with E-state index in [0.717, 1.165) is 37.6 Å². The molecule has 0 bridgehead atoms. The van der Waals surface area contributed by atoms with Crippen LogP contribution >= 0.6 is 0 Å². The highest BCUT2D eigenvalue weighted by atomic mass is 19.1. The van der Waals surface area contributed by atoms with Crippen LogP contribution in [-0.4, -0.2) is 36.7 Å². The molecule has 0 fully saturated rings. The minimum absolute atomic E-state index is 0.182. The first-order valence-corrected chi connectivity index (χ1v) is 9.06. The van der Waals surface area contributed by atoms with Crippen molar-refractivity contribution >= 4 is 5.96 Å². The molecule has 26 heavy (non-hydrogen) atoms. The molecule has 1 aromatic heterocycles. The molecule has 0 aliphatic carbocycles. The molecule has 0 radical (unpaired) electrons. The van der Waals surface area contributed by atoms with Crippen molar-refractivity contribution in [3.05, 3.63) is 60.2 Å². The highest BCUT2D eigenvalue weighted by Crippen LogP contribution is 2.18. The standard InChI is InChI=1S/C20H27FN4O/c1-3-17(26-19-11-6-5-10-18(19)21)15-25-20(22-4-2)24-14-12-16-9-7-8-13-23-16/h5-11,13,17H,3-4,12,14-15H2,1-2H3,(H2,22,24,25). The molecule has 1 aromatic carbocycles. The van der Waals surface area contributed by atoms with Crippen molar-refractivity contribution in [3.63, 3.8) is 0 Å². The number of ether oxygens (including phenoxy) is 1. The number of hydrogen-bond donors (Lipinski definition) is 2. The maximum absolute atomic E-state index is 13.7. The summed E-state index contributed by atoms with van der Waals surface area (Å²) in [5.74, 6) is 0.636. The van der Waals surface area contributed by atoms with Gasteiger partial charge in [0.25, 0.3) is 0 Å². The number of pyridine rings is 1. The first-order chi connectivity index (χ1) is 12.7. The third-order valence-electron chi connectivity index (χ3n) is 3.78. The van der Waals surface area contributed by atoms with E-state index in [4.69, 9.17) is 4.74 Å². The Morgan fingerprint density at radius 2 is 1.96 bits per heavy atom. The molecule has 0 spiro atoms. The lowest BCUT2D eigenvalue weighted by atomic mass is 10.2. The smallest absolute Gasteiger partial charge is 0.191 e. The molecule has 1 unspecified atom stereocenters. The van der Waals surface area contributed by atoms with Gasteiger partial charge in [0.15, 0.2) is 17.5 Å². The molecule has 0 aliphatic heterocycles. The zero-order chi connectivity index (χ0) is 18.6. The summed E-state index contributed by atoms with van der Waals surface area (Å²) in [4.78, 5) is 8.88. The van der Waals surface area contributed by atoms with E-state index >= 15 is 0 Å². The fraction of sp³-hybridized carbons (Fsp3) is 0.400. The number of aromatic nitrogens is 1. The molecule has 5 nitrogen and oxygen atoms in total. The summed E-state index contributed by atoms with van der Waals surface area (Å²) in [6, 6.07) is 12.3. The Bertz CT molecular complexity index is 679. The van der Waals surface area contributed by atoms with Crippen LogP contribution in [0.3, 0.4) is 0 Å². The largest absolute Gasteiger partial charge is 0.485 e. The van der Waals surface area contributed by atoms with Crippen molar-refractivity contribution in [2.75, 3.05) is 19.6 Å². The SMILES string of the molecule is CCNC(=NCC(CC)Oc1ccccc1F)NCCc1ccccn1. The summed E-state index contributed by atoms with van der Waals surface area (Å²) in [6.07, 6.45) is 3.16. The molecule has 2 rings (SSSR count). The average Bonchev–Trinajstić information content (AvgIpc) is 2.67. The van der Waals surface area contributed by atoms with Crippen molar-refractivity contribution < 1.29 is 9.13 Å². The molecule has 1 heterocycles. The van der Waals surface area contributed by atoms with Gasteiger partial charge in [-0.2, -0.15) is 0 Å². The van der Waals surface area contributed by atoms with Crippen molar-refractivity contribution in [2.45, 2.75) is 32.8 Å². The number of benzene rings is 1. The van der Waals surface area contributed by atoms with Gasteiger partial charge in [-0.05, 0) is 37.6 Å². The Kier molecular flexibility index (Phi) is 8.39. The Morgan fingerprint density at radius 3 is 2.65 bits per heavy atom. The lowest BCUT2D eigenvalue weighted by Crippen LogP contribution is -2.39. The molecule has 2 aromatic rings. The summed E-state index contributed by atoms with van der Waals surface area (Å²) in [5.41, 5.74) is 1.03. The van der Waals surface area contributed by atoms with Gasteiger partial charge in [-0.15, -0.1) is 0 Å². The zero-order valence-corrected chi connectivity index (χ0v) is 15.4. The van der Waals surface area contributed by atoms with Gasteiger partial charge in [0.1, 0.15) is 6.10 Å². The normalized spacial score (nSPS) is 12.5. The first kappa shape index (κ1) is 19.7. The fourth-order valence-corrected chi connectivity index (χ4v) is 2.36. The van der Waals surface area contributed by atoms with Crippen LogP contribution in [0.15, 0.2) is 53.7 Å². The summed E-state index contributed by atoms with van der Waals surface area (Å²) >= 11 is 0. The lowest BCUT2D eigenvalue weighted by molar-refractivity contribution is 0.196. The fourth-order valence-electron chi connectivity index (χ4n) is 2.36. The zero-order valence-electron chi connectivity index (χ0n) is 15.4. The Balaban J connectivity index is 1.88. The number of rotatable bonds is 9. The van der Waals surface area contributed by atoms with E-state index in [9.17, 15) is 4.39 Å². The molecule has 0 saturated carbocycles. The van der Waals surface area contributed by atoms with Gasteiger partial charge >= 0.3 is 0 Å². The molecule has 0 aliphatic rings. The van der Waals surface area contributed by atoms with Gasteiger partial charge in [-0.3, -0.25) is 4.98 Å². The first-order valence-electron chi connectivity index (χ1n) is 9.06. The van der Waals surface area contributed by atoms with Gasteiger partial charge in [-0.25, -0.2) is 9.38 Å². The number of guanidine groups is 1. The van der Waals surface area contributed by atoms with E-state index in [0.29, 0.717) is 6.54 Å². The Hall–Kier alpha value is -2.63. The molecule has 0 saturated heterocycles. The van der Waals surface area contributed by atoms with Crippen LogP contribution in [0, 0.1) is 5.82 Å². The maximum atomic E-state index is 13.7. The van der Waals surface area contributed by atoms with E-state index in [2.05, 4.69) is 20.6 Å². The summed E-state index contributed by atoms with van der Waals surface area (Å²) < 4.78 is 19.5. The number of hydrogen-bond acceptors (Lipinski definition) is 3. The third-order valence-corrected chi connectivity index (χ3v) is 3.78. The van der Waals surface area contributed by atoms with Crippen molar-refractivity contribution in [1.29, 1.82) is 0 Å². The van der Waals surface area contributed by atoms with Crippen LogP contribution in [0.4, 0.5) is 4.39 Å². The van der Waals surface area contributed by atoms with Crippen LogP contribution in [0.1, 0.15) is 26.0 Å². The number of para-hydroxylation sites is 1. The lowest BCUT2D eigenvalue weighted by Gasteiger charge is -2.17. The minimum Gasteiger partial charge on any atom is -0.485 e. The second-order valence-electron chi connectivity index (χ2n) is 5.80. The van der Waals surface area contributed by atoms with Crippen LogP contribution < -0.4 is 15.4 Å². The highest BCUT2D eigenvalue weighted by molar-refractivity contribution is 5.79. The predicted octanol–water partition coefficient (Wildman–Crippen LogP) is 3.18. The van der Waals surface area contributed by atoms with E-state index in [1.165, 1.54) is 6.07 Å². The number of aliphatic imine (C=N–C) groups is 1. The van der Waals surface area contributed by atoms with Crippen LogP contribution in [0.5, 0.6) is 5.75 Å². The van der Waals surface area contributed by atoms with Crippen molar-refractivity contribution in [2.24, 2.45) is 4.99 Å². The Labute approximate surface area is 154 Å². The van der Waals surface area contributed by atoms with Gasteiger partial charge in [-0.1, -0.05) is 25.1 Å². The monoisotopic (exact) mass is 358 g/mol. The van der Waals surface area contributed by atoms with E-state index in [-0.39, 0.29) is 17.7 Å². The van der Waals surface area contributed by atoms with Gasteiger partial charge in [0.05, 0.1) is 6.54 Å².